The molecule has 0 saturated heterocycles. The molecule has 0 aliphatic carbocycles. The van der Waals surface area contributed by atoms with Crippen LogP contribution in [0.1, 0.15) is 33.6 Å². The molecule has 0 bridgehead atoms. The molecule has 2 unspecified atom stereocenters. The first-order valence-corrected chi connectivity index (χ1v) is 5.94. The fraction of sp³-hybridized carbons (Fsp3) is 0.818. The Morgan fingerprint density at radius 2 is 1.82 bits per heavy atom. The third-order valence-electron chi connectivity index (χ3n) is 2.83. The van der Waals surface area contributed by atoms with E-state index in [1.54, 1.807) is 0 Å². The van der Waals surface area contributed by atoms with Gasteiger partial charge in [0.1, 0.15) is 6.04 Å². The van der Waals surface area contributed by atoms with Gasteiger partial charge < -0.3 is 21.5 Å². The topological polar surface area (TPSA) is 104 Å². The minimum Gasteiger partial charge on any atom is -0.391 e. The van der Waals surface area contributed by atoms with Gasteiger partial charge in [0.15, 0.2) is 0 Å². The number of amides is 3. The van der Waals surface area contributed by atoms with Crippen LogP contribution in [-0.4, -0.2) is 35.7 Å². The standard InChI is InChI=1S/C11H23N3O3/c1-4-8(5-2)9(15)6-13-10(16)7(3)14-11(12)17/h7-9,15H,4-6H2,1-3H3,(H,13,16)(H3,12,14,17). The van der Waals surface area contributed by atoms with Crippen molar-refractivity contribution in [3.05, 3.63) is 0 Å². The molecule has 2 atom stereocenters. The average molecular weight is 245 g/mol. The number of aliphatic hydroxyl groups excluding tert-OH is 1. The van der Waals surface area contributed by atoms with Gasteiger partial charge in [-0.25, -0.2) is 4.79 Å². The SMILES string of the molecule is CCC(CC)C(O)CNC(=O)C(C)NC(N)=O. The first kappa shape index (κ1) is 15.7. The summed E-state index contributed by atoms with van der Waals surface area (Å²) in [5.74, 6) is -0.177. The first-order valence-electron chi connectivity index (χ1n) is 5.94. The highest BCUT2D eigenvalue weighted by Gasteiger charge is 2.18. The minimum atomic E-state index is -0.742. The highest BCUT2D eigenvalue weighted by molar-refractivity contribution is 5.86. The summed E-state index contributed by atoms with van der Waals surface area (Å²) in [5.41, 5.74) is 4.90. The number of hydrogen-bond donors (Lipinski definition) is 4. The lowest BCUT2D eigenvalue weighted by atomic mass is 9.96. The molecule has 3 amide bonds. The van der Waals surface area contributed by atoms with Crippen LogP contribution in [-0.2, 0) is 4.79 Å². The fourth-order valence-electron chi connectivity index (χ4n) is 1.64. The Hall–Kier alpha value is -1.30. The predicted molar refractivity (Wildman–Crippen MR) is 65.3 cm³/mol. The molecule has 0 fully saturated rings. The summed E-state index contributed by atoms with van der Waals surface area (Å²) in [7, 11) is 0. The van der Waals surface area contributed by atoms with E-state index in [-0.39, 0.29) is 18.4 Å². The molecule has 0 aromatic heterocycles. The van der Waals surface area contributed by atoms with Crippen molar-refractivity contribution in [2.45, 2.75) is 45.8 Å². The van der Waals surface area contributed by atoms with Crippen LogP contribution in [0.2, 0.25) is 0 Å². The number of hydrogen-bond acceptors (Lipinski definition) is 3. The Morgan fingerprint density at radius 3 is 2.24 bits per heavy atom. The molecule has 0 radical (unpaired) electrons. The number of nitrogens with two attached hydrogens (primary N) is 1. The van der Waals surface area contributed by atoms with E-state index in [1.165, 1.54) is 6.92 Å². The second kappa shape index (κ2) is 7.89. The summed E-state index contributed by atoms with van der Waals surface area (Å²) in [6, 6.07) is -1.44. The predicted octanol–water partition coefficient (Wildman–Crippen LogP) is -0.0435. The van der Waals surface area contributed by atoms with E-state index in [2.05, 4.69) is 10.6 Å². The smallest absolute Gasteiger partial charge is 0.312 e. The number of rotatable bonds is 7. The minimum absolute atomic E-state index is 0.176. The van der Waals surface area contributed by atoms with Gasteiger partial charge in [0.05, 0.1) is 6.10 Å². The normalized spacial score (nSPS) is 14.2. The number of urea groups is 1. The maximum atomic E-state index is 11.5. The fourth-order valence-corrected chi connectivity index (χ4v) is 1.64. The number of primary amides is 1. The second-order valence-electron chi connectivity index (χ2n) is 4.12. The molecule has 0 aromatic rings. The lowest BCUT2D eigenvalue weighted by molar-refractivity contribution is -0.123. The summed E-state index contributed by atoms with van der Waals surface area (Å²) >= 11 is 0. The van der Waals surface area contributed by atoms with Crippen LogP contribution in [0.15, 0.2) is 0 Å². The molecule has 0 spiro atoms. The number of carbonyl (C=O) groups is 2. The summed E-state index contributed by atoms with van der Waals surface area (Å²) in [5, 5.41) is 14.6. The van der Waals surface area contributed by atoms with Gasteiger partial charge in [-0.05, 0) is 12.8 Å². The van der Waals surface area contributed by atoms with E-state index in [1.807, 2.05) is 13.8 Å². The molecule has 17 heavy (non-hydrogen) atoms. The maximum absolute atomic E-state index is 11.5. The zero-order valence-corrected chi connectivity index (χ0v) is 10.7. The van der Waals surface area contributed by atoms with Gasteiger partial charge in [-0.2, -0.15) is 0 Å². The van der Waals surface area contributed by atoms with Gasteiger partial charge in [0.25, 0.3) is 0 Å². The largest absolute Gasteiger partial charge is 0.391 e. The van der Waals surface area contributed by atoms with Crippen molar-refractivity contribution in [1.29, 1.82) is 0 Å². The maximum Gasteiger partial charge on any atom is 0.312 e. The van der Waals surface area contributed by atoms with E-state index in [4.69, 9.17) is 5.73 Å². The van der Waals surface area contributed by atoms with Gasteiger partial charge in [-0.3, -0.25) is 4.79 Å². The van der Waals surface area contributed by atoms with Crippen molar-refractivity contribution in [2.24, 2.45) is 11.7 Å². The van der Waals surface area contributed by atoms with Gasteiger partial charge in [0, 0.05) is 6.54 Å². The van der Waals surface area contributed by atoms with E-state index in [9.17, 15) is 14.7 Å². The Kier molecular flexibility index (Phi) is 7.29. The highest BCUT2D eigenvalue weighted by Crippen LogP contribution is 2.12. The summed E-state index contributed by atoms with van der Waals surface area (Å²) in [6.45, 7) is 5.71. The van der Waals surface area contributed by atoms with Gasteiger partial charge in [0.2, 0.25) is 5.91 Å². The summed E-state index contributed by atoms with van der Waals surface area (Å²) in [6.07, 6.45) is 1.17. The van der Waals surface area contributed by atoms with Crippen LogP contribution in [0, 0.1) is 5.92 Å². The van der Waals surface area contributed by atoms with Crippen LogP contribution in [0.5, 0.6) is 0 Å². The zero-order chi connectivity index (χ0) is 13.4. The van der Waals surface area contributed by atoms with Crippen LogP contribution < -0.4 is 16.4 Å². The molecular weight excluding hydrogens is 222 g/mol. The molecule has 100 valence electrons. The molecule has 0 aliphatic heterocycles. The van der Waals surface area contributed by atoms with Crippen LogP contribution in [0.25, 0.3) is 0 Å². The quantitative estimate of drug-likeness (QED) is 0.505. The third kappa shape index (κ3) is 6.11. The van der Waals surface area contributed by atoms with Gasteiger partial charge in [-0.1, -0.05) is 26.7 Å². The lowest BCUT2D eigenvalue weighted by Gasteiger charge is -2.21. The monoisotopic (exact) mass is 245 g/mol. The van der Waals surface area contributed by atoms with E-state index in [0.29, 0.717) is 0 Å². The zero-order valence-electron chi connectivity index (χ0n) is 10.7. The van der Waals surface area contributed by atoms with Crippen LogP contribution in [0.3, 0.4) is 0 Å². The third-order valence-corrected chi connectivity index (χ3v) is 2.83. The van der Waals surface area contributed by atoms with Crippen molar-refractivity contribution in [1.82, 2.24) is 10.6 Å². The molecule has 6 nitrogen and oxygen atoms in total. The lowest BCUT2D eigenvalue weighted by Crippen LogP contribution is -2.48. The van der Waals surface area contributed by atoms with Gasteiger partial charge in [-0.15, -0.1) is 0 Å². The van der Waals surface area contributed by atoms with E-state index < -0.39 is 18.2 Å². The van der Waals surface area contributed by atoms with E-state index >= 15 is 0 Å². The van der Waals surface area contributed by atoms with Gasteiger partial charge >= 0.3 is 6.03 Å². The van der Waals surface area contributed by atoms with E-state index in [0.717, 1.165) is 12.8 Å². The molecule has 0 aromatic carbocycles. The van der Waals surface area contributed by atoms with Crippen molar-refractivity contribution in [2.75, 3.05) is 6.54 Å². The molecule has 6 heteroatoms. The number of aliphatic hydroxyl groups is 1. The molecule has 0 aliphatic rings. The van der Waals surface area contributed by atoms with Crippen molar-refractivity contribution < 1.29 is 14.7 Å². The van der Waals surface area contributed by atoms with Crippen molar-refractivity contribution in [3.8, 4) is 0 Å². The Bertz CT molecular complexity index is 254. The first-order chi connectivity index (χ1) is 7.92. The second-order valence-corrected chi connectivity index (χ2v) is 4.12. The average Bonchev–Trinajstić information content (AvgIpc) is 2.26. The van der Waals surface area contributed by atoms with Crippen molar-refractivity contribution in [3.63, 3.8) is 0 Å². The number of carbonyl (C=O) groups excluding carboxylic acids is 2. The molecule has 0 rings (SSSR count). The Morgan fingerprint density at radius 1 is 1.29 bits per heavy atom. The molecule has 5 N–H and O–H groups in total. The Balaban J connectivity index is 4.02. The molecule has 0 heterocycles. The molecule has 0 saturated carbocycles. The van der Waals surface area contributed by atoms with Crippen molar-refractivity contribution >= 4 is 11.9 Å². The van der Waals surface area contributed by atoms with Crippen LogP contribution in [0.4, 0.5) is 4.79 Å². The summed E-state index contributed by atoms with van der Waals surface area (Å²) < 4.78 is 0. The summed E-state index contributed by atoms with van der Waals surface area (Å²) in [4.78, 5) is 22.0. The molecular formula is C11H23N3O3. The Labute approximate surface area is 102 Å². The van der Waals surface area contributed by atoms with Crippen LogP contribution >= 0.6 is 0 Å². The number of nitrogens with one attached hydrogen (secondary N) is 2. The highest BCUT2D eigenvalue weighted by atomic mass is 16.3.